The fraction of sp³-hybridized carbons (Fsp3) is 0.500. The summed E-state index contributed by atoms with van der Waals surface area (Å²) in [5, 5.41) is 0. The van der Waals surface area contributed by atoms with Gasteiger partial charge in [0, 0.05) is 19.6 Å². The zero-order chi connectivity index (χ0) is 31.2. The van der Waals surface area contributed by atoms with E-state index in [2.05, 4.69) is 0 Å². The molecule has 0 bridgehead atoms. The highest BCUT2D eigenvalue weighted by atomic mass is 16.6. The van der Waals surface area contributed by atoms with Crippen molar-refractivity contribution in [2.45, 2.75) is 78.7 Å². The zero-order valence-corrected chi connectivity index (χ0v) is 25.9. The Morgan fingerprint density at radius 3 is 1.76 bits per heavy atom. The molecule has 0 saturated carbocycles. The van der Waals surface area contributed by atoms with E-state index in [0.717, 1.165) is 34.8 Å². The summed E-state index contributed by atoms with van der Waals surface area (Å²) in [6.07, 6.45) is 2.33. The molecule has 0 saturated heterocycles. The molecule has 228 valence electrons. The summed E-state index contributed by atoms with van der Waals surface area (Å²) in [5.41, 5.74) is 4.03. The molecular weight excluding hydrogens is 540 g/mol. The third kappa shape index (κ3) is 8.24. The number of nitrogens with zero attached hydrogens (tertiary/aromatic N) is 2. The number of hydrogen-bond acceptors (Lipinski definition) is 8. The predicted octanol–water partition coefficient (Wildman–Crippen LogP) is 5.60. The van der Waals surface area contributed by atoms with E-state index in [9.17, 15) is 19.2 Å². The van der Waals surface area contributed by atoms with Gasteiger partial charge in [-0.3, -0.25) is 9.59 Å². The number of methoxy groups -OCH3 is 2. The highest BCUT2D eigenvalue weighted by molar-refractivity contribution is 5.83. The monoisotopic (exact) mass is 582 g/mol. The van der Waals surface area contributed by atoms with Crippen molar-refractivity contribution in [2.24, 2.45) is 0 Å². The summed E-state index contributed by atoms with van der Waals surface area (Å²) in [4.78, 5) is 50.0. The Morgan fingerprint density at radius 1 is 0.714 bits per heavy atom. The van der Waals surface area contributed by atoms with Gasteiger partial charge in [-0.1, -0.05) is 6.07 Å². The second kappa shape index (κ2) is 13.3. The van der Waals surface area contributed by atoms with Crippen LogP contribution in [0.1, 0.15) is 84.5 Å². The van der Waals surface area contributed by atoms with E-state index in [0.29, 0.717) is 61.6 Å². The van der Waals surface area contributed by atoms with Gasteiger partial charge in [-0.2, -0.15) is 0 Å². The second-order valence-corrected chi connectivity index (χ2v) is 12.2. The highest BCUT2D eigenvalue weighted by Gasteiger charge is 2.28. The second-order valence-electron chi connectivity index (χ2n) is 12.2. The molecular formula is C32H42N2O8. The first-order valence-electron chi connectivity index (χ1n) is 13.9. The van der Waals surface area contributed by atoms with E-state index in [1.165, 1.54) is 14.2 Å². The normalized spacial score (nSPS) is 14.4. The van der Waals surface area contributed by atoms with Gasteiger partial charge in [-0.05, 0) is 94.8 Å². The molecule has 4 rings (SSSR count). The van der Waals surface area contributed by atoms with Crippen LogP contribution in [0.5, 0.6) is 11.5 Å². The van der Waals surface area contributed by atoms with Crippen LogP contribution in [0.2, 0.25) is 0 Å². The summed E-state index contributed by atoms with van der Waals surface area (Å²) < 4.78 is 21.2. The summed E-state index contributed by atoms with van der Waals surface area (Å²) >= 11 is 0. The van der Waals surface area contributed by atoms with Gasteiger partial charge in [-0.25, -0.2) is 9.59 Å². The Bertz CT molecular complexity index is 1320. The van der Waals surface area contributed by atoms with Crippen LogP contribution in [0.4, 0.5) is 9.59 Å². The van der Waals surface area contributed by atoms with Gasteiger partial charge in [0.15, 0.2) is 12.6 Å². The van der Waals surface area contributed by atoms with E-state index < -0.39 is 11.2 Å². The van der Waals surface area contributed by atoms with Crippen molar-refractivity contribution in [2.75, 3.05) is 27.3 Å². The number of benzene rings is 2. The number of aldehydes is 2. The van der Waals surface area contributed by atoms with Gasteiger partial charge in [0.05, 0.1) is 31.9 Å². The topological polar surface area (TPSA) is 112 Å². The van der Waals surface area contributed by atoms with Crippen LogP contribution in [0.25, 0.3) is 0 Å². The molecule has 0 spiro atoms. The molecule has 2 amide bonds. The maximum Gasteiger partial charge on any atom is 0.410 e. The maximum atomic E-state index is 12.2. The number of hydrogen-bond donors (Lipinski definition) is 0. The Morgan fingerprint density at radius 2 is 1.26 bits per heavy atom. The number of amides is 2. The van der Waals surface area contributed by atoms with Crippen molar-refractivity contribution in [1.29, 1.82) is 0 Å². The van der Waals surface area contributed by atoms with Gasteiger partial charge in [0.2, 0.25) is 0 Å². The number of rotatable bonds is 4. The third-order valence-corrected chi connectivity index (χ3v) is 6.75. The Kier molecular flexibility index (Phi) is 10.2. The zero-order valence-electron chi connectivity index (χ0n) is 25.9. The van der Waals surface area contributed by atoms with Crippen molar-refractivity contribution in [3.05, 3.63) is 57.6 Å². The molecule has 0 radical (unpaired) electrons. The third-order valence-electron chi connectivity index (χ3n) is 6.75. The number of fused-ring (bicyclic) bond motifs is 2. The average molecular weight is 583 g/mol. The van der Waals surface area contributed by atoms with Crippen LogP contribution in [0.15, 0.2) is 24.3 Å². The molecule has 2 aliphatic rings. The van der Waals surface area contributed by atoms with E-state index in [1.54, 1.807) is 15.9 Å². The van der Waals surface area contributed by atoms with Gasteiger partial charge >= 0.3 is 12.2 Å². The molecule has 2 aromatic rings. The molecule has 42 heavy (non-hydrogen) atoms. The molecule has 0 aromatic heterocycles. The number of carbonyl (C=O) groups is 4. The van der Waals surface area contributed by atoms with Crippen molar-refractivity contribution in [1.82, 2.24) is 9.80 Å². The predicted molar refractivity (Wildman–Crippen MR) is 157 cm³/mol. The van der Waals surface area contributed by atoms with Gasteiger partial charge in [0.1, 0.15) is 22.7 Å². The first-order chi connectivity index (χ1) is 19.7. The Labute approximate surface area is 247 Å². The highest BCUT2D eigenvalue weighted by Crippen LogP contribution is 2.30. The SMILES string of the molecule is COc1cc2c(cc1C=O)CCN(C(=O)OC(C)(C)C)C2.COc1ccc2c(c1C=O)CN(C(=O)OC(C)(C)C)CC2. The molecule has 10 heteroatoms. The molecule has 0 aliphatic carbocycles. The lowest BCUT2D eigenvalue weighted by molar-refractivity contribution is 0.0213. The van der Waals surface area contributed by atoms with Crippen molar-refractivity contribution < 1.29 is 38.1 Å². The molecule has 2 heterocycles. The molecule has 2 aliphatic heterocycles. The van der Waals surface area contributed by atoms with E-state index in [4.69, 9.17) is 18.9 Å². The average Bonchev–Trinajstić information content (AvgIpc) is 2.93. The molecule has 0 N–H and O–H groups in total. The Hall–Kier alpha value is -4.08. The van der Waals surface area contributed by atoms with Crippen molar-refractivity contribution >= 4 is 24.8 Å². The van der Waals surface area contributed by atoms with E-state index in [1.807, 2.05) is 59.7 Å². The Balaban J connectivity index is 0.000000230. The molecule has 10 nitrogen and oxygen atoms in total. The lowest BCUT2D eigenvalue weighted by Gasteiger charge is -2.32. The van der Waals surface area contributed by atoms with Gasteiger partial charge in [0.25, 0.3) is 0 Å². The summed E-state index contributed by atoms with van der Waals surface area (Å²) in [6, 6.07) is 7.42. The molecule has 2 aromatic carbocycles. The fourth-order valence-electron chi connectivity index (χ4n) is 4.78. The standard InChI is InChI=1S/2C16H21NO4/c1-16(2,3)21-15(19)17-6-5-11-7-13(10-18)14(20-4)8-12(11)9-17;1-16(2,3)21-15(19)17-8-7-11-5-6-14(20-4)13(10-18)12(11)9-17/h7-8,10H,5-6,9H2,1-4H3;5-6,10H,7-9H2,1-4H3. The smallest absolute Gasteiger partial charge is 0.410 e. The minimum Gasteiger partial charge on any atom is -0.496 e. The largest absolute Gasteiger partial charge is 0.496 e. The van der Waals surface area contributed by atoms with Crippen molar-refractivity contribution in [3.63, 3.8) is 0 Å². The van der Waals surface area contributed by atoms with Crippen LogP contribution in [-0.4, -0.2) is 73.1 Å². The van der Waals surface area contributed by atoms with Gasteiger partial charge in [-0.15, -0.1) is 0 Å². The van der Waals surface area contributed by atoms with E-state index in [-0.39, 0.29) is 12.2 Å². The molecule has 0 fully saturated rings. The van der Waals surface area contributed by atoms with Crippen LogP contribution < -0.4 is 9.47 Å². The lowest BCUT2D eigenvalue weighted by atomic mass is 9.95. The summed E-state index contributed by atoms with van der Waals surface area (Å²) in [5.74, 6) is 1.07. The van der Waals surface area contributed by atoms with Crippen LogP contribution in [-0.2, 0) is 35.4 Å². The molecule has 0 atom stereocenters. The number of carbonyl (C=O) groups excluding carboxylic acids is 4. The summed E-state index contributed by atoms with van der Waals surface area (Å²) in [6.45, 7) is 13.1. The maximum absolute atomic E-state index is 12.2. The number of ether oxygens (including phenoxy) is 4. The van der Waals surface area contributed by atoms with Crippen LogP contribution >= 0.6 is 0 Å². The van der Waals surface area contributed by atoms with Crippen molar-refractivity contribution in [3.8, 4) is 11.5 Å². The minimum atomic E-state index is -0.529. The minimum absolute atomic E-state index is 0.313. The first kappa shape index (κ1) is 32.4. The summed E-state index contributed by atoms with van der Waals surface area (Å²) in [7, 11) is 3.06. The first-order valence-corrected chi connectivity index (χ1v) is 13.9. The van der Waals surface area contributed by atoms with Gasteiger partial charge < -0.3 is 28.7 Å². The van der Waals surface area contributed by atoms with Crippen LogP contribution in [0, 0.1) is 0 Å². The lowest BCUT2D eigenvalue weighted by Crippen LogP contribution is -2.40. The molecule has 0 unspecified atom stereocenters. The van der Waals surface area contributed by atoms with E-state index >= 15 is 0 Å². The quantitative estimate of drug-likeness (QED) is 0.428. The van der Waals surface area contributed by atoms with Crippen LogP contribution in [0.3, 0.4) is 0 Å². The fourth-order valence-corrected chi connectivity index (χ4v) is 4.78.